The van der Waals surface area contributed by atoms with Crippen molar-refractivity contribution in [3.63, 3.8) is 0 Å². The molecule has 25 heavy (non-hydrogen) atoms. The van der Waals surface area contributed by atoms with Crippen molar-refractivity contribution in [1.29, 1.82) is 0 Å². The van der Waals surface area contributed by atoms with Crippen LogP contribution in [-0.4, -0.2) is 28.4 Å². The zero-order valence-electron chi connectivity index (χ0n) is 13.1. The van der Waals surface area contributed by atoms with Gasteiger partial charge in [-0.05, 0) is 18.2 Å². The molecular formula is C17H13N3O5. The Morgan fingerprint density at radius 1 is 1.20 bits per heavy atom. The first-order valence-electron chi connectivity index (χ1n) is 7.21. The number of carbonyl (C=O) groups is 2. The Balaban J connectivity index is 2.17. The standard InChI is InChI=1S/C17H13N3O5/c1-25-15-7-6-10(8-14(15)20(23)24)17(22)19-9-12(16(18)21)11-4-2-3-5-13(11)19/h2-9H,1H3,(H2,18,21). The van der Waals surface area contributed by atoms with E-state index in [1.54, 1.807) is 24.3 Å². The predicted octanol–water partition coefficient (Wildman–Crippen LogP) is 2.35. The third kappa shape index (κ3) is 2.69. The minimum absolute atomic E-state index is 0.0525. The van der Waals surface area contributed by atoms with Gasteiger partial charge in [0.2, 0.25) is 0 Å². The number of benzene rings is 2. The maximum atomic E-state index is 12.8. The molecular weight excluding hydrogens is 326 g/mol. The molecule has 0 atom stereocenters. The number of nitro groups is 1. The lowest BCUT2D eigenvalue weighted by molar-refractivity contribution is -0.385. The fraction of sp³-hybridized carbons (Fsp3) is 0.0588. The summed E-state index contributed by atoms with van der Waals surface area (Å²) in [7, 11) is 1.31. The van der Waals surface area contributed by atoms with Crippen LogP contribution in [0, 0.1) is 10.1 Å². The van der Waals surface area contributed by atoms with Crippen LogP contribution in [0.15, 0.2) is 48.7 Å². The molecule has 8 heteroatoms. The highest BCUT2D eigenvalue weighted by atomic mass is 16.6. The molecule has 2 aromatic carbocycles. The molecule has 1 aromatic heterocycles. The van der Waals surface area contributed by atoms with E-state index in [0.29, 0.717) is 10.9 Å². The van der Waals surface area contributed by atoms with Gasteiger partial charge in [0.1, 0.15) is 0 Å². The van der Waals surface area contributed by atoms with Crippen molar-refractivity contribution in [2.75, 3.05) is 7.11 Å². The Bertz CT molecular complexity index is 1020. The molecule has 0 radical (unpaired) electrons. The summed E-state index contributed by atoms with van der Waals surface area (Å²) in [6.45, 7) is 0. The van der Waals surface area contributed by atoms with Crippen LogP contribution < -0.4 is 10.5 Å². The van der Waals surface area contributed by atoms with Gasteiger partial charge in [-0.25, -0.2) is 0 Å². The summed E-state index contributed by atoms with van der Waals surface area (Å²) in [6.07, 6.45) is 1.34. The summed E-state index contributed by atoms with van der Waals surface area (Å²) in [6, 6.07) is 10.7. The van der Waals surface area contributed by atoms with Gasteiger partial charge in [-0.15, -0.1) is 0 Å². The fourth-order valence-electron chi connectivity index (χ4n) is 2.65. The number of rotatable bonds is 4. The molecule has 1 amide bonds. The van der Waals surface area contributed by atoms with Gasteiger partial charge < -0.3 is 10.5 Å². The summed E-state index contributed by atoms with van der Waals surface area (Å²) in [5.74, 6) is -1.13. The number of methoxy groups -OCH3 is 1. The topological polar surface area (TPSA) is 117 Å². The molecule has 3 rings (SSSR count). The minimum Gasteiger partial charge on any atom is -0.490 e. The average molecular weight is 339 g/mol. The Morgan fingerprint density at radius 3 is 2.56 bits per heavy atom. The van der Waals surface area contributed by atoms with Crippen LogP contribution in [0.3, 0.4) is 0 Å². The van der Waals surface area contributed by atoms with Crippen LogP contribution >= 0.6 is 0 Å². The lowest BCUT2D eigenvalue weighted by atomic mass is 10.1. The molecule has 0 spiro atoms. The summed E-state index contributed by atoms with van der Waals surface area (Å²) in [4.78, 5) is 34.9. The van der Waals surface area contributed by atoms with E-state index in [1.807, 2.05) is 0 Å². The van der Waals surface area contributed by atoms with Gasteiger partial charge in [-0.3, -0.25) is 24.3 Å². The van der Waals surface area contributed by atoms with Gasteiger partial charge in [-0.2, -0.15) is 0 Å². The first kappa shape index (κ1) is 16.2. The molecule has 0 bridgehead atoms. The maximum Gasteiger partial charge on any atom is 0.311 e. The third-order valence-corrected chi connectivity index (χ3v) is 3.82. The number of amides is 1. The highest BCUT2D eigenvalue weighted by Crippen LogP contribution is 2.29. The van der Waals surface area contributed by atoms with Crippen LogP contribution in [-0.2, 0) is 0 Å². The molecule has 0 fully saturated rings. The zero-order valence-corrected chi connectivity index (χ0v) is 13.1. The van der Waals surface area contributed by atoms with E-state index in [-0.39, 0.29) is 22.6 Å². The summed E-state index contributed by atoms with van der Waals surface area (Å²) < 4.78 is 6.18. The third-order valence-electron chi connectivity index (χ3n) is 3.82. The number of fused-ring (bicyclic) bond motifs is 1. The van der Waals surface area contributed by atoms with Crippen LogP contribution in [0.25, 0.3) is 10.9 Å². The highest BCUT2D eigenvalue weighted by Gasteiger charge is 2.21. The molecule has 1 heterocycles. The molecule has 0 aliphatic heterocycles. The lowest BCUT2D eigenvalue weighted by Crippen LogP contribution is -2.13. The SMILES string of the molecule is COc1ccc(C(=O)n2cc(C(N)=O)c3ccccc32)cc1[N+](=O)[O-]. The molecule has 3 aromatic rings. The monoisotopic (exact) mass is 339 g/mol. The summed E-state index contributed by atoms with van der Waals surface area (Å²) in [5.41, 5.74) is 5.82. The van der Waals surface area contributed by atoms with Crippen molar-refractivity contribution in [3.05, 3.63) is 69.9 Å². The molecule has 126 valence electrons. The number of nitrogens with zero attached hydrogens (tertiary/aromatic N) is 2. The smallest absolute Gasteiger partial charge is 0.311 e. The predicted molar refractivity (Wildman–Crippen MR) is 89.8 cm³/mol. The van der Waals surface area contributed by atoms with Gasteiger partial charge in [0.05, 0.1) is 23.1 Å². The van der Waals surface area contributed by atoms with E-state index >= 15 is 0 Å². The average Bonchev–Trinajstić information content (AvgIpc) is 3.00. The number of nitrogens with two attached hydrogens (primary N) is 1. The van der Waals surface area contributed by atoms with E-state index < -0.39 is 16.7 Å². The Kier molecular flexibility index (Phi) is 3.94. The van der Waals surface area contributed by atoms with Crippen LogP contribution in [0.4, 0.5) is 5.69 Å². The molecule has 0 unspecified atom stereocenters. The first-order valence-corrected chi connectivity index (χ1v) is 7.21. The molecule has 0 saturated carbocycles. The van der Waals surface area contributed by atoms with E-state index in [4.69, 9.17) is 10.5 Å². The van der Waals surface area contributed by atoms with E-state index in [9.17, 15) is 19.7 Å². The van der Waals surface area contributed by atoms with Gasteiger partial charge in [0, 0.05) is 23.2 Å². The number of nitro benzene ring substituents is 1. The Labute approximate surface area is 141 Å². The van der Waals surface area contributed by atoms with Gasteiger partial charge in [0.25, 0.3) is 11.8 Å². The normalized spacial score (nSPS) is 10.6. The number of para-hydroxylation sites is 1. The van der Waals surface area contributed by atoms with Gasteiger partial charge >= 0.3 is 5.69 Å². The number of ether oxygens (including phenoxy) is 1. The Hall–Kier alpha value is -3.68. The second-order valence-corrected chi connectivity index (χ2v) is 5.24. The van der Waals surface area contributed by atoms with Crippen LogP contribution in [0.5, 0.6) is 5.75 Å². The minimum atomic E-state index is -0.663. The van der Waals surface area contributed by atoms with Crippen molar-refractivity contribution >= 4 is 28.4 Å². The number of carbonyl (C=O) groups excluding carboxylic acids is 2. The molecule has 0 aliphatic carbocycles. The second-order valence-electron chi connectivity index (χ2n) is 5.24. The molecule has 8 nitrogen and oxygen atoms in total. The highest BCUT2D eigenvalue weighted by molar-refractivity contribution is 6.11. The van der Waals surface area contributed by atoms with Gasteiger partial charge in [0.15, 0.2) is 5.75 Å². The number of hydrogen-bond acceptors (Lipinski definition) is 5. The Morgan fingerprint density at radius 2 is 1.92 bits per heavy atom. The quantitative estimate of drug-likeness (QED) is 0.578. The number of aromatic nitrogens is 1. The van der Waals surface area contributed by atoms with Crippen molar-refractivity contribution in [3.8, 4) is 5.75 Å². The van der Waals surface area contributed by atoms with Crippen LogP contribution in [0.2, 0.25) is 0 Å². The first-order chi connectivity index (χ1) is 11.9. The molecule has 0 saturated heterocycles. The van der Waals surface area contributed by atoms with Crippen molar-refractivity contribution in [1.82, 2.24) is 4.57 Å². The van der Waals surface area contributed by atoms with E-state index in [0.717, 1.165) is 6.07 Å². The molecule has 0 aliphatic rings. The summed E-state index contributed by atoms with van der Waals surface area (Å²) >= 11 is 0. The maximum absolute atomic E-state index is 12.8. The lowest BCUT2D eigenvalue weighted by Gasteiger charge is -2.06. The van der Waals surface area contributed by atoms with Crippen molar-refractivity contribution in [2.45, 2.75) is 0 Å². The number of hydrogen-bond donors (Lipinski definition) is 1. The van der Waals surface area contributed by atoms with Crippen LogP contribution in [0.1, 0.15) is 20.7 Å². The van der Waals surface area contributed by atoms with E-state index in [2.05, 4.69) is 0 Å². The van der Waals surface area contributed by atoms with Gasteiger partial charge in [-0.1, -0.05) is 18.2 Å². The number of primary amides is 1. The zero-order chi connectivity index (χ0) is 18.1. The van der Waals surface area contributed by atoms with Crippen molar-refractivity contribution < 1.29 is 19.2 Å². The second kappa shape index (κ2) is 6.08. The van der Waals surface area contributed by atoms with E-state index in [1.165, 1.54) is 30.0 Å². The fourth-order valence-corrected chi connectivity index (χ4v) is 2.65. The largest absolute Gasteiger partial charge is 0.490 e. The van der Waals surface area contributed by atoms with Crippen molar-refractivity contribution in [2.24, 2.45) is 5.73 Å². The molecule has 2 N–H and O–H groups in total. The summed E-state index contributed by atoms with van der Waals surface area (Å²) in [5, 5.41) is 11.7.